The molecule has 1 aromatic carbocycles. The maximum atomic E-state index is 10.5. The SMILES string of the molecule is COc1ccc2c(c1)OC1(CCCCC1)C(N)C2O. The van der Waals surface area contributed by atoms with Crippen molar-refractivity contribution in [2.24, 2.45) is 5.73 Å². The number of hydrogen-bond donors (Lipinski definition) is 2. The number of hydrogen-bond acceptors (Lipinski definition) is 4. The van der Waals surface area contributed by atoms with Gasteiger partial charge in [0.1, 0.15) is 23.2 Å². The second-order valence-electron chi connectivity index (χ2n) is 5.60. The normalized spacial score (nSPS) is 28.6. The van der Waals surface area contributed by atoms with Gasteiger partial charge in [-0.1, -0.05) is 6.42 Å². The lowest BCUT2D eigenvalue weighted by Gasteiger charge is -2.47. The average Bonchev–Trinajstić information content (AvgIpc) is 2.45. The molecule has 0 saturated heterocycles. The first-order chi connectivity index (χ1) is 9.16. The first kappa shape index (κ1) is 12.8. The van der Waals surface area contributed by atoms with Crippen molar-refractivity contribution in [1.29, 1.82) is 0 Å². The molecular formula is C15H21NO3. The fraction of sp³-hybridized carbons (Fsp3) is 0.600. The van der Waals surface area contributed by atoms with E-state index in [1.54, 1.807) is 7.11 Å². The number of rotatable bonds is 1. The molecule has 1 fully saturated rings. The Labute approximate surface area is 113 Å². The molecule has 3 N–H and O–H groups in total. The van der Waals surface area contributed by atoms with Gasteiger partial charge in [0.15, 0.2) is 0 Å². The number of ether oxygens (including phenoxy) is 2. The summed E-state index contributed by atoms with van der Waals surface area (Å²) in [7, 11) is 1.63. The summed E-state index contributed by atoms with van der Waals surface area (Å²) in [4.78, 5) is 0. The number of nitrogens with two attached hydrogens (primary N) is 1. The molecule has 1 aromatic rings. The Kier molecular flexibility index (Phi) is 3.15. The van der Waals surface area contributed by atoms with Crippen molar-refractivity contribution in [1.82, 2.24) is 0 Å². The number of fused-ring (bicyclic) bond motifs is 1. The molecule has 2 unspecified atom stereocenters. The molecule has 0 aromatic heterocycles. The predicted octanol–water partition coefficient (Wildman–Crippen LogP) is 2.15. The van der Waals surface area contributed by atoms with Crippen LogP contribution < -0.4 is 15.2 Å². The monoisotopic (exact) mass is 263 g/mol. The third kappa shape index (κ3) is 1.99. The molecule has 19 heavy (non-hydrogen) atoms. The highest BCUT2D eigenvalue weighted by atomic mass is 16.5. The summed E-state index contributed by atoms with van der Waals surface area (Å²) in [5, 5.41) is 10.5. The lowest BCUT2D eigenvalue weighted by atomic mass is 9.74. The van der Waals surface area contributed by atoms with E-state index in [1.807, 2.05) is 18.2 Å². The zero-order valence-corrected chi connectivity index (χ0v) is 11.3. The fourth-order valence-corrected chi connectivity index (χ4v) is 3.33. The van der Waals surface area contributed by atoms with Gasteiger partial charge in [-0.3, -0.25) is 0 Å². The Morgan fingerprint density at radius 3 is 2.74 bits per heavy atom. The van der Waals surface area contributed by atoms with Crippen LogP contribution in [0.15, 0.2) is 18.2 Å². The van der Waals surface area contributed by atoms with Gasteiger partial charge in [0.05, 0.1) is 13.2 Å². The zero-order valence-electron chi connectivity index (χ0n) is 11.3. The third-order valence-electron chi connectivity index (χ3n) is 4.50. The van der Waals surface area contributed by atoms with Crippen molar-refractivity contribution >= 4 is 0 Å². The zero-order chi connectivity index (χ0) is 13.5. The third-order valence-corrected chi connectivity index (χ3v) is 4.50. The molecule has 0 radical (unpaired) electrons. The Morgan fingerprint density at radius 1 is 1.32 bits per heavy atom. The van der Waals surface area contributed by atoms with Crippen LogP contribution in [-0.4, -0.2) is 23.9 Å². The summed E-state index contributed by atoms with van der Waals surface area (Å²) < 4.78 is 11.4. The molecule has 0 amide bonds. The molecule has 0 bridgehead atoms. The lowest BCUT2D eigenvalue weighted by Crippen LogP contribution is -2.58. The summed E-state index contributed by atoms with van der Waals surface area (Å²) in [5.41, 5.74) is 6.63. The van der Waals surface area contributed by atoms with Gasteiger partial charge < -0.3 is 20.3 Å². The smallest absolute Gasteiger partial charge is 0.129 e. The van der Waals surface area contributed by atoms with Crippen LogP contribution in [0.2, 0.25) is 0 Å². The van der Waals surface area contributed by atoms with Crippen LogP contribution in [0.5, 0.6) is 11.5 Å². The molecule has 1 heterocycles. The second kappa shape index (κ2) is 4.69. The van der Waals surface area contributed by atoms with Gasteiger partial charge in [0, 0.05) is 11.6 Å². The number of aliphatic hydroxyl groups excluding tert-OH is 1. The maximum Gasteiger partial charge on any atom is 0.129 e. The molecule has 4 heteroatoms. The van der Waals surface area contributed by atoms with Crippen LogP contribution in [0.1, 0.15) is 43.8 Å². The molecule has 1 aliphatic carbocycles. The van der Waals surface area contributed by atoms with E-state index in [-0.39, 0.29) is 6.04 Å². The highest BCUT2D eigenvalue weighted by molar-refractivity contribution is 5.45. The Hall–Kier alpha value is -1.26. The summed E-state index contributed by atoms with van der Waals surface area (Å²) in [6, 6.07) is 5.17. The van der Waals surface area contributed by atoms with Crippen molar-refractivity contribution in [2.75, 3.05) is 7.11 Å². The van der Waals surface area contributed by atoms with Gasteiger partial charge in [0.2, 0.25) is 0 Å². The van der Waals surface area contributed by atoms with E-state index in [2.05, 4.69) is 0 Å². The number of aliphatic hydroxyl groups is 1. The van der Waals surface area contributed by atoms with E-state index in [0.29, 0.717) is 0 Å². The summed E-state index contributed by atoms with van der Waals surface area (Å²) >= 11 is 0. The molecule has 1 aliphatic heterocycles. The van der Waals surface area contributed by atoms with Gasteiger partial charge in [0.25, 0.3) is 0 Å². The minimum absolute atomic E-state index is 0.353. The molecule has 2 atom stereocenters. The lowest BCUT2D eigenvalue weighted by molar-refractivity contribution is -0.0582. The standard InChI is InChI=1S/C15H21NO3/c1-18-10-5-6-11-12(9-10)19-15(14(16)13(11)17)7-3-2-4-8-15/h5-6,9,13-14,17H,2-4,7-8,16H2,1H3. The average molecular weight is 263 g/mol. The van der Waals surface area contributed by atoms with E-state index >= 15 is 0 Å². The van der Waals surface area contributed by atoms with Gasteiger partial charge in [-0.2, -0.15) is 0 Å². The molecule has 3 rings (SSSR count). The first-order valence-electron chi connectivity index (χ1n) is 6.97. The highest BCUT2D eigenvalue weighted by Gasteiger charge is 2.48. The minimum Gasteiger partial charge on any atom is -0.497 e. The highest BCUT2D eigenvalue weighted by Crippen LogP contribution is 2.46. The Bertz CT molecular complexity index is 468. The van der Waals surface area contributed by atoms with Gasteiger partial charge in [-0.05, 0) is 37.8 Å². The van der Waals surface area contributed by atoms with Crippen molar-refractivity contribution in [3.63, 3.8) is 0 Å². The van der Waals surface area contributed by atoms with E-state index in [0.717, 1.165) is 42.7 Å². The molecule has 1 saturated carbocycles. The topological polar surface area (TPSA) is 64.7 Å². The Morgan fingerprint density at radius 2 is 2.05 bits per heavy atom. The van der Waals surface area contributed by atoms with E-state index in [4.69, 9.17) is 15.2 Å². The Balaban J connectivity index is 2.00. The van der Waals surface area contributed by atoms with Crippen LogP contribution in [-0.2, 0) is 0 Å². The quantitative estimate of drug-likeness (QED) is 0.815. The maximum absolute atomic E-state index is 10.5. The van der Waals surface area contributed by atoms with E-state index in [1.165, 1.54) is 6.42 Å². The fourth-order valence-electron chi connectivity index (χ4n) is 3.33. The van der Waals surface area contributed by atoms with Crippen LogP contribution in [0.3, 0.4) is 0 Å². The minimum atomic E-state index is -0.659. The molecule has 1 spiro atoms. The van der Waals surface area contributed by atoms with Crippen molar-refractivity contribution in [3.05, 3.63) is 23.8 Å². The van der Waals surface area contributed by atoms with Gasteiger partial charge in [-0.25, -0.2) is 0 Å². The summed E-state index contributed by atoms with van der Waals surface area (Å²) in [6.07, 6.45) is 4.62. The van der Waals surface area contributed by atoms with Crippen molar-refractivity contribution in [3.8, 4) is 11.5 Å². The summed E-state index contributed by atoms with van der Waals surface area (Å²) in [5.74, 6) is 1.46. The van der Waals surface area contributed by atoms with Crippen LogP contribution in [0.4, 0.5) is 0 Å². The second-order valence-corrected chi connectivity index (χ2v) is 5.60. The van der Waals surface area contributed by atoms with Crippen molar-refractivity contribution < 1.29 is 14.6 Å². The predicted molar refractivity (Wildman–Crippen MR) is 72.4 cm³/mol. The van der Waals surface area contributed by atoms with Crippen LogP contribution in [0.25, 0.3) is 0 Å². The summed E-state index contributed by atoms with van der Waals surface area (Å²) in [6.45, 7) is 0. The molecule has 104 valence electrons. The van der Waals surface area contributed by atoms with Crippen molar-refractivity contribution in [2.45, 2.75) is 49.9 Å². The van der Waals surface area contributed by atoms with Crippen LogP contribution in [0, 0.1) is 0 Å². The largest absolute Gasteiger partial charge is 0.497 e. The first-order valence-corrected chi connectivity index (χ1v) is 6.97. The molecular weight excluding hydrogens is 242 g/mol. The molecule has 2 aliphatic rings. The number of benzene rings is 1. The van der Waals surface area contributed by atoms with Gasteiger partial charge >= 0.3 is 0 Å². The molecule has 4 nitrogen and oxygen atoms in total. The van der Waals surface area contributed by atoms with Gasteiger partial charge in [-0.15, -0.1) is 0 Å². The van der Waals surface area contributed by atoms with Crippen LogP contribution >= 0.6 is 0 Å². The van der Waals surface area contributed by atoms with E-state index in [9.17, 15) is 5.11 Å². The number of methoxy groups -OCH3 is 1. The van der Waals surface area contributed by atoms with E-state index < -0.39 is 11.7 Å².